The van der Waals surface area contributed by atoms with Gasteiger partial charge in [0.2, 0.25) is 0 Å². The third kappa shape index (κ3) is 4.85. The molecule has 4 nitrogen and oxygen atoms in total. The van der Waals surface area contributed by atoms with Crippen LogP contribution >= 0.6 is 0 Å². The Kier molecular flexibility index (Phi) is 4.36. The number of hydrogen-bond acceptors (Lipinski definition) is 4. The molecule has 78 valence electrons. The minimum Gasteiger partial charge on any atom is -0.459 e. The van der Waals surface area contributed by atoms with Gasteiger partial charge >= 0.3 is 5.97 Å². The van der Waals surface area contributed by atoms with Crippen LogP contribution in [0.5, 0.6) is 0 Å². The second-order valence-corrected chi connectivity index (χ2v) is 4.13. The molecule has 0 aliphatic carbocycles. The van der Waals surface area contributed by atoms with Crippen molar-refractivity contribution in [2.75, 3.05) is 0 Å². The standard InChI is InChI=1S/C9H20N2O2/c1-5-6(10)7(11)8(12)13-9(2,3)4/h6-7H,5,10-11H2,1-4H3/t6-,7-/m1/s1. The summed E-state index contributed by atoms with van der Waals surface area (Å²) < 4.78 is 5.08. The van der Waals surface area contributed by atoms with Crippen molar-refractivity contribution in [1.29, 1.82) is 0 Å². The maximum atomic E-state index is 11.3. The zero-order chi connectivity index (χ0) is 10.6. The Balaban J connectivity index is 4.12. The lowest BCUT2D eigenvalue weighted by atomic mass is 10.1. The molecule has 0 heterocycles. The highest BCUT2D eigenvalue weighted by Gasteiger charge is 2.25. The van der Waals surface area contributed by atoms with Gasteiger partial charge < -0.3 is 16.2 Å². The van der Waals surface area contributed by atoms with E-state index in [1.54, 1.807) is 20.8 Å². The fourth-order valence-electron chi connectivity index (χ4n) is 0.799. The fraction of sp³-hybridized carbons (Fsp3) is 0.889. The van der Waals surface area contributed by atoms with Gasteiger partial charge in [0.25, 0.3) is 0 Å². The van der Waals surface area contributed by atoms with Crippen molar-refractivity contribution in [3.8, 4) is 0 Å². The molecule has 2 atom stereocenters. The van der Waals surface area contributed by atoms with Crippen LogP contribution in [0.4, 0.5) is 0 Å². The molecule has 0 fully saturated rings. The lowest BCUT2D eigenvalue weighted by Crippen LogP contribution is -2.49. The van der Waals surface area contributed by atoms with E-state index in [4.69, 9.17) is 16.2 Å². The second kappa shape index (κ2) is 4.58. The Bertz CT molecular complexity index is 175. The van der Waals surface area contributed by atoms with Crippen LogP contribution in [0.3, 0.4) is 0 Å². The summed E-state index contributed by atoms with van der Waals surface area (Å²) in [5.41, 5.74) is 10.7. The third-order valence-electron chi connectivity index (χ3n) is 1.61. The van der Waals surface area contributed by atoms with Crippen LogP contribution in [0.25, 0.3) is 0 Å². The van der Waals surface area contributed by atoms with Gasteiger partial charge in [0.1, 0.15) is 11.6 Å². The summed E-state index contributed by atoms with van der Waals surface area (Å²) in [7, 11) is 0. The molecule has 0 spiro atoms. The van der Waals surface area contributed by atoms with Crippen molar-refractivity contribution in [2.45, 2.75) is 51.8 Å². The van der Waals surface area contributed by atoms with Gasteiger partial charge in [0.05, 0.1) is 0 Å². The van der Waals surface area contributed by atoms with Gasteiger partial charge in [-0.3, -0.25) is 4.79 Å². The number of nitrogens with two attached hydrogens (primary N) is 2. The van der Waals surface area contributed by atoms with Crippen molar-refractivity contribution in [1.82, 2.24) is 0 Å². The van der Waals surface area contributed by atoms with E-state index in [-0.39, 0.29) is 6.04 Å². The van der Waals surface area contributed by atoms with Gasteiger partial charge in [-0.2, -0.15) is 0 Å². The summed E-state index contributed by atoms with van der Waals surface area (Å²) in [6.45, 7) is 7.29. The molecule has 0 aromatic heterocycles. The zero-order valence-corrected chi connectivity index (χ0v) is 8.83. The van der Waals surface area contributed by atoms with Gasteiger partial charge in [-0.15, -0.1) is 0 Å². The quantitative estimate of drug-likeness (QED) is 0.628. The monoisotopic (exact) mass is 188 g/mol. The van der Waals surface area contributed by atoms with E-state index in [0.717, 1.165) is 0 Å². The van der Waals surface area contributed by atoms with Gasteiger partial charge in [0.15, 0.2) is 0 Å². The van der Waals surface area contributed by atoms with Crippen LogP contribution < -0.4 is 11.5 Å². The molecular weight excluding hydrogens is 168 g/mol. The van der Waals surface area contributed by atoms with Gasteiger partial charge in [0, 0.05) is 6.04 Å². The number of esters is 1. The van der Waals surface area contributed by atoms with Crippen molar-refractivity contribution in [3.05, 3.63) is 0 Å². The van der Waals surface area contributed by atoms with Crippen LogP contribution in [0, 0.1) is 0 Å². The molecule has 0 radical (unpaired) electrons. The maximum absolute atomic E-state index is 11.3. The first kappa shape index (κ1) is 12.4. The van der Waals surface area contributed by atoms with Crippen LogP contribution in [0.2, 0.25) is 0 Å². The molecule has 0 unspecified atom stereocenters. The van der Waals surface area contributed by atoms with E-state index >= 15 is 0 Å². The number of hydrogen-bond donors (Lipinski definition) is 2. The predicted octanol–water partition coefficient (Wildman–Crippen LogP) is 0.393. The van der Waals surface area contributed by atoms with E-state index in [0.29, 0.717) is 6.42 Å². The van der Waals surface area contributed by atoms with Crippen LogP contribution in [-0.4, -0.2) is 23.7 Å². The summed E-state index contributed by atoms with van der Waals surface area (Å²) in [6, 6.07) is -1.04. The average Bonchev–Trinajstić information content (AvgIpc) is 1.98. The third-order valence-corrected chi connectivity index (χ3v) is 1.61. The normalized spacial score (nSPS) is 16.5. The Hall–Kier alpha value is -0.610. The van der Waals surface area contributed by atoms with Crippen molar-refractivity contribution in [2.24, 2.45) is 11.5 Å². The molecule has 0 saturated heterocycles. The van der Waals surface area contributed by atoms with E-state index in [2.05, 4.69) is 0 Å². The first-order valence-corrected chi connectivity index (χ1v) is 4.52. The minimum absolute atomic E-state index is 0.324. The molecule has 13 heavy (non-hydrogen) atoms. The molecule has 0 aliphatic heterocycles. The minimum atomic E-state index is -0.718. The molecule has 0 bridgehead atoms. The topological polar surface area (TPSA) is 78.3 Å². The Morgan fingerprint density at radius 3 is 2.15 bits per heavy atom. The number of ether oxygens (including phenoxy) is 1. The SMILES string of the molecule is CC[C@@H](N)[C@@H](N)C(=O)OC(C)(C)C. The van der Waals surface area contributed by atoms with Crippen molar-refractivity contribution < 1.29 is 9.53 Å². The Morgan fingerprint density at radius 2 is 1.85 bits per heavy atom. The number of carbonyl (C=O) groups is 1. The number of rotatable bonds is 3. The summed E-state index contributed by atoms with van der Waals surface area (Å²) >= 11 is 0. The highest BCUT2D eigenvalue weighted by Crippen LogP contribution is 2.09. The summed E-state index contributed by atoms with van der Waals surface area (Å²) in [5, 5.41) is 0. The van der Waals surface area contributed by atoms with Crippen molar-refractivity contribution >= 4 is 5.97 Å². The van der Waals surface area contributed by atoms with E-state index in [9.17, 15) is 4.79 Å². The molecule has 4 N–H and O–H groups in total. The molecular formula is C9H20N2O2. The van der Waals surface area contributed by atoms with E-state index in [1.165, 1.54) is 0 Å². The lowest BCUT2D eigenvalue weighted by Gasteiger charge is -2.24. The molecule has 0 aromatic rings. The van der Waals surface area contributed by atoms with Crippen LogP contribution in [-0.2, 0) is 9.53 Å². The summed E-state index contributed by atoms with van der Waals surface area (Å²) in [4.78, 5) is 11.3. The summed E-state index contributed by atoms with van der Waals surface area (Å²) in [6.07, 6.45) is 0.667. The fourth-order valence-corrected chi connectivity index (χ4v) is 0.799. The first-order chi connectivity index (χ1) is 5.78. The molecule has 0 saturated carbocycles. The highest BCUT2D eigenvalue weighted by atomic mass is 16.6. The molecule has 0 aromatic carbocycles. The van der Waals surface area contributed by atoms with Gasteiger partial charge in [-0.25, -0.2) is 0 Å². The molecule has 0 rings (SSSR count). The number of carbonyl (C=O) groups excluding carboxylic acids is 1. The smallest absolute Gasteiger partial charge is 0.325 e. The first-order valence-electron chi connectivity index (χ1n) is 4.52. The van der Waals surface area contributed by atoms with Crippen molar-refractivity contribution in [3.63, 3.8) is 0 Å². The zero-order valence-electron chi connectivity index (χ0n) is 8.83. The molecule has 0 amide bonds. The Labute approximate surface area is 79.6 Å². The maximum Gasteiger partial charge on any atom is 0.325 e. The molecule has 0 aliphatic rings. The largest absolute Gasteiger partial charge is 0.459 e. The van der Waals surface area contributed by atoms with E-state index in [1.807, 2.05) is 6.92 Å². The van der Waals surface area contributed by atoms with E-state index < -0.39 is 17.6 Å². The van der Waals surface area contributed by atoms with Crippen LogP contribution in [0.1, 0.15) is 34.1 Å². The average molecular weight is 188 g/mol. The lowest BCUT2D eigenvalue weighted by molar-refractivity contribution is -0.157. The van der Waals surface area contributed by atoms with Crippen LogP contribution in [0.15, 0.2) is 0 Å². The second-order valence-electron chi connectivity index (χ2n) is 4.13. The summed E-state index contributed by atoms with van der Waals surface area (Å²) in [5.74, 6) is -0.429. The highest BCUT2D eigenvalue weighted by molar-refractivity contribution is 5.76. The van der Waals surface area contributed by atoms with Gasteiger partial charge in [-0.05, 0) is 27.2 Å². The molecule has 4 heteroatoms. The van der Waals surface area contributed by atoms with Gasteiger partial charge in [-0.1, -0.05) is 6.92 Å². The predicted molar refractivity (Wildman–Crippen MR) is 52.1 cm³/mol. The Morgan fingerprint density at radius 1 is 1.38 bits per heavy atom.